The van der Waals surface area contributed by atoms with Gasteiger partial charge in [0.25, 0.3) is 0 Å². The number of hydrogen-bond donors (Lipinski definition) is 0. The summed E-state index contributed by atoms with van der Waals surface area (Å²) >= 11 is 2.21. The highest BCUT2D eigenvalue weighted by atomic mass is 127. The van der Waals surface area contributed by atoms with Crippen LogP contribution in [0.2, 0.25) is 0 Å². The van der Waals surface area contributed by atoms with E-state index in [0.29, 0.717) is 11.5 Å². The van der Waals surface area contributed by atoms with Crippen molar-refractivity contribution in [2.45, 2.75) is 0 Å². The van der Waals surface area contributed by atoms with Gasteiger partial charge in [-0.2, -0.15) is 0 Å². The van der Waals surface area contributed by atoms with Crippen molar-refractivity contribution in [1.29, 1.82) is 0 Å². The molecule has 0 unspecified atom stereocenters. The van der Waals surface area contributed by atoms with Gasteiger partial charge in [-0.15, -0.1) is 0 Å². The number of methoxy groups -OCH3 is 2. The summed E-state index contributed by atoms with van der Waals surface area (Å²) in [6.07, 6.45) is 0. The quantitative estimate of drug-likeness (QED) is 0.305. The van der Waals surface area contributed by atoms with Crippen LogP contribution < -0.4 is 9.47 Å². The Hall–Kier alpha value is -2.55. The van der Waals surface area contributed by atoms with Crippen molar-refractivity contribution >= 4 is 56.1 Å². The zero-order chi connectivity index (χ0) is 19.4. The van der Waals surface area contributed by atoms with E-state index in [-0.39, 0.29) is 13.2 Å². The van der Waals surface area contributed by atoms with Crippen LogP contribution in [0.5, 0.6) is 11.5 Å². The molecule has 0 aliphatic carbocycles. The Morgan fingerprint density at radius 3 is 1.89 bits per heavy atom. The van der Waals surface area contributed by atoms with Crippen molar-refractivity contribution < 1.29 is 28.5 Å². The summed E-state index contributed by atoms with van der Waals surface area (Å²) in [6.45, 7) is -0.410. The fourth-order valence-corrected chi connectivity index (χ4v) is 3.53. The summed E-state index contributed by atoms with van der Waals surface area (Å²) in [7, 11) is 2.63. The molecule has 0 fully saturated rings. The van der Waals surface area contributed by atoms with E-state index in [1.54, 1.807) is 0 Å². The largest absolute Gasteiger partial charge is 0.481 e. The molecule has 0 atom stereocenters. The van der Waals surface area contributed by atoms with Crippen molar-refractivity contribution in [1.82, 2.24) is 0 Å². The second-order valence-corrected chi connectivity index (χ2v) is 6.76. The lowest BCUT2D eigenvalue weighted by Crippen LogP contribution is -2.14. The second-order valence-electron chi connectivity index (χ2n) is 5.60. The Bertz CT molecular complexity index is 1010. The van der Waals surface area contributed by atoms with Crippen LogP contribution in [0.1, 0.15) is 0 Å². The number of hydrogen-bond acceptors (Lipinski definition) is 6. The highest BCUT2D eigenvalue weighted by molar-refractivity contribution is 14.1. The van der Waals surface area contributed by atoms with Gasteiger partial charge in [-0.25, -0.2) is 9.59 Å². The van der Waals surface area contributed by atoms with Crippen molar-refractivity contribution in [3.8, 4) is 11.5 Å². The predicted octanol–water partition coefficient (Wildman–Crippen LogP) is 3.70. The zero-order valence-electron chi connectivity index (χ0n) is 14.8. The number of ether oxygens (including phenoxy) is 4. The lowest BCUT2D eigenvalue weighted by molar-refractivity contribution is -0.143. The van der Waals surface area contributed by atoms with Crippen LogP contribution in [-0.4, -0.2) is 39.4 Å². The molecule has 0 amide bonds. The third kappa shape index (κ3) is 3.92. The lowest BCUT2D eigenvalue weighted by Gasteiger charge is -2.18. The molecule has 3 aromatic rings. The van der Waals surface area contributed by atoms with E-state index in [1.165, 1.54) is 14.2 Å². The Morgan fingerprint density at radius 2 is 1.30 bits per heavy atom. The Morgan fingerprint density at radius 1 is 0.778 bits per heavy atom. The maximum atomic E-state index is 11.6. The van der Waals surface area contributed by atoms with Gasteiger partial charge in [0.2, 0.25) is 0 Å². The van der Waals surface area contributed by atoms with Gasteiger partial charge in [-0.05, 0) is 28.7 Å². The number of halogens is 1. The van der Waals surface area contributed by atoms with Crippen molar-refractivity contribution in [3.63, 3.8) is 0 Å². The van der Waals surface area contributed by atoms with Gasteiger partial charge < -0.3 is 18.9 Å². The molecule has 0 aliphatic rings. The van der Waals surface area contributed by atoms with E-state index < -0.39 is 11.9 Å². The minimum Gasteiger partial charge on any atom is -0.481 e. The van der Waals surface area contributed by atoms with Crippen LogP contribution in [0.3, 0.4) is 0 Å². The van der Waals surface area contributed by atoms with Gasteiger partial charge in [-0.1, -0.05) is 36.4 Å². The van der Waals surface area contributed by atoms with Crippen LogP contribution in [-0.2, 0) is 19.1 Å². The van der Waals surface area contributed by atoms with Crippen molar-refractivity contribution in [3.05, 3.63) is 46.0 Å². The maximum absolute atomic E-state index is 11.6. The molecular formula is C20H17IO6. The third-order valence-electron chi connectivity index (χ3n) is 4.03. The van der Waals surface area contributed by atoms with Gasteiger partial charge in [0.1, 0.15) is 11.5 Å². The first kappa shape index (κ1) is 19.2. The van der Waals surface area contributed by atoms with E-state index >= 15 is 0 Å². The van der Waals surface area contributed by atoms with Crippen LogP contribution >= 0.6 is 22.6 Å². The number of carbonyl (C=O) groups is 2. The average Bonchev–Trinajstić information content (AvgIpc) is 2.70. The van der Waals surface area contributed by atoms with E-state index in [2.05, 4.69) is 32.1 Å². The van der Waals surface area contributed by atoms with Crippen LogP contribution in [0, 0.1) is 3.57 Å². The minimum atomic E-state index is -0.469. The number of carbonyl (C=O) groups excluding carboxylic acids is 2. The highest BCUT2D eigenvalue weighted by Crippen LogP contribution is 2.44. The predicted molar refractivity (Wildman–Crippen MR) is 109 cm³/mol. The SMILES string of the molecule is COC(=O)COc1c2ccccc2c(OCC(=O)OC)c2c(I)cccc12. The molecule has 0 heterocycles. The third-order valence-corrected chi connectivity index (χ3v) is 4.92. The molecule has 27 heavy (non-hydrogen) atoms. The molecule has 3 aromatic carbocycles. The maximum Gasteiger partial charge on any atom is 0.343 e. The molecular weight excluding hydrogens is 463 g/mol. The van der Waals surface area contributed by atoms with Gasteiger partial charge in [0.15, 0.2) is 13.2 Å². The van der Waals surface area contributed by atoms with Crippen LogP contribution in [0.4, 0.5) is 0 Å². The molecule has 0 spiro atoms. The van der Waals surface area contributed by atoms with E-state index in [4.69, 9.17) is 9.47 Å². The summed E-state index contributed by atoms with van der Waals surface area (Å²) in [5.41, 5.74) is 0. The molecule has 0 aromatic heterocycles. The Kier molecular flexibility index (Phi) is 6.00. The van der Waals surface area contributed by atoms with E-state index in [1.807, 2.05) is 42.5 Å². The Labute approximate surface area is 169 Å². The van der Waals surface area contributed by atoms with Gasteiger partial charge >= 0.3 is 11.9 Å². The summed E-state index contributed by atoms with van der Waals surface area (Å²) in [6, 6.07) is 13.2. The van der Waals surface area contributed by atoms with Crippen LogP contribution in [0.25, 0.3) is 21.5 Å². The number of rotatable bonds is 6. The molecule has 0 radical (unpaired) electrons. The van der Waals surface area contributed by atoms with E-state index in [9.17, 15) is 9.59 Å². The Balaban J connectivity index is 2.24. The second kappa shape index (κ2) is 8.43. The molecule has 0 saturated heterocycles. The van der Waals surface area contributed by atoms with Crippen molar-refractivity contribution in [2.75, 3.05) is 27.4 Å². The van der Waals surface area contributed by atoms with Gasteiger partial charge in [0, 0.05) is 25.1 Å². The molecule has 0 bridgehead atoms. The molecule has 7 heteroatoms. The highest BCUT2D eigenvalue weighted by Gasteiger charge is 2.19. The molecule has 0 N–H and O–H groups in total. The molecule has 140 valence electrons. The lowest BCUT2D eigenvalue weighted by atomic mass is 10.0. The smallest absolute Gasteiger partial charge is 0.343 e. The summed E-state index contributed by atoms with van der Waals surface area (Å²) in [4.78, 5) is 23.2. The van der Waals surface area contributed by atoms with E-state index in [0.717, 1.165) is 25.1 Å². The van der Waals surface area contributed by atoms with Gasteiger partial charge in [0.05, 0.1) is 14.2 Å². The normalized spacial score (nSPS) is 10.6. The minimum absolute atomic E-state index is 0.205. The zero-order valence-corrected chi connectivity index (χ0v) is 16.9. The number of esters is 2. The fourth-order valence-electron chi connectivity index (χ4n) is 2.79. The molecule has 0 aliphatic heterocycles. The monoisotopic (exact) mass is 480 g/mol. The first-order valence-corrected chi connectivity index (χ1v) is 9.16. The first-order valence-electron chi connectivity index (χ1n) is 8.09. The number of benzene rings is 3. The van der Waals surface area contributed by atoms with Crippen molar-refractivity contribution in [2.24, 2.45) is 0 Å². The summed E-state index contributed by atoms with van der Waals surface area (Å²) in [5, 5.41) is 3.14. The first-order chi connectivity index (χ1) is 13.1. The molecule has 6 nitrogen and oxygen atoms in total. The standard InChI is InChI=1S/C20H17IO6/c1-24-16(22)10-26-19-12-6-3-4-7-13(12)20(27-11-17(23)25-2)18-14(19)8-5-9-15(18)21/h3-9H,10-11H2,1-2H3. The van der Waals surface area contributed by atoms with Gasteiger partial charge in [-0.3, -0.25) is 0 Å². The fraction of sp³-hybridized carbons (Fsp3) is 0.200. The topological polar surface area (TPSA) is 71.1 Å². The molecule has 0 saturated carbocycles. The number of fused-ring (bicyclic) bond motifs is 2. The van der Waals surface area contributed by atoms with Crippen LogP contribution in [0.15, 0.2) is 42.5 Å². The molecule has 3 rings (SSSR count). The summed E-state index contributed by atoms with van der Waals surface area (Å²) in [5.74, 6) is 0.199. The summed E-state index contributed by atoms with van der Waals surface area (Å²) < 4.78 is 22.0. The average molecular weight is 480 g/mol.